The lowest BCUT2D eigenvalue weighted by molar-refractivity contribution is -0.129. The van der Waals surface area contributed by atoms with Gasteiger partial charge in [0.05, 0.1) is 12.1 Å². The molecule has 3 nitrogen and oxygen atoms in total. The topological polar surface area (TPSA) is 29.5 Å². The van der Waals surface area contributed by atoms with Crippen LogP contribution in [0, 0.1) is 17.8 Å². The van der Waals surface area contributed by atoms with Crippen LogP contribution in [0.3, 0.4) is 0 Å². The molecule has 82 valence electrons. The predicted molar refractivity (Wildman–Crippen MR) is 56.2 cm³/mol. The Hall–Kier alpha value is -0.830. The molecule has 15 heavy (non-hydrogen) atoms. The Labute approximate surface area is 90.1 Å². The summed E-state index contributed by atoms with van der Waals surface area (Å²) in [6, 6.07) is 0.337. The lowest BCUT2D eigenvalue weighted by atomic mass is 9.88. The first-order chi connectivity index (χ1) is 7.26. The quantitative estimate of drug-likeness (QED) is 0.633. The molecule has 3 heteroatoms. The van der Waals surface area contributed by atoms with E-state index in [9.17, 15) is 4.79 Å². The van der Waals surface area contributed by atoms with Gasteiger partial charge in [-0.25, -0.2) is 0 Å². The Morgan fingerprint density at radius 3 is 2.93 bits per heavy atom. The number of likely N-dealkylation sites (tertiary alicyclic amines) is 1. The van der Waals surface area contributed by atoms with Crippen LogP contribution in [-0.4, -0.2) is 36.6 Å². The molecule has 0 N–H and O–H groups in total. The van der Waals surface area contributed by atoms with Gasteiger partial charge in [-0.05, 0) is 36.7 Å². The summed E-state index contributed by atoms with van der Waals surface area (Å²) in [5.41, 5.74) is 0. The number of hydrogen-bond acceptors (Lipinski definition) is 2. The highest BCUT2D eigenvalue weighted by atomic mass is 16.5. The molecule has 1 aliphatic heterocycles. The number of ether oxygens (including phenoxy) is 1. The number of hydrogen-bond donors (Lipinski definition) is 0. The van der Waals surface area contributed by atoms with Crippen LogP contribution < -0.4 is 0 Å². The summed E-state index contributed by atoms with van der Waals surface area (Å²) in [5, 5.41) is 0. The summed E-state index contributed by atoms with van der Waals surface area (Å²) in [6.07, 6.45) is 4.22. The fourth-order valence-electron chi connectivity index (χ4n) is 4.09. The molecule has 2 saturated carbocycles. The Morgan fingerprint density at radius 1 is 1.47 bits per heavy atom. The van der Waals surface area contributed by atoms with E-state index in [-0.39, 0.29) is 12.0 Å². The number of amides is 1. The molecule has 0 radical (unpaired) electrons. The molecule has 3 rings (SSSR count). The smallest absolute Gasteiger partial charge is 0.246 e. The summed E-state index contributed by atoms with van der Waals surface area (Å²) in [6.45, 7) is 4.50. The van der Waals surface area contributed by atoms with Gasteiger partial charge in [0.25, 0.3) is 0 Å². The van der Waals surface area contributed by atoms with E-state index >= 15 is 0 Å². The minimum atomic E-state index is 0.0806. The molecule has 2 aliphatic carbocycles. The van der Waals surface area contributed by atoms with E-state index in [1.165, 1.54) is 18.9 Å². The molecule has 0 aromatic carbocycles. The van der Waals surface area contributed by atoms with Crippen LogP contribution in [0.25, 0.3) is 0 Å². The molecule has 5 atom stereocenters. The summed E-state index contributed by atoms with van der Waals surface area (Å²) in [5.74, 6) is 2.20. The van der Waals surface area contributed by atoms with Crippen molar-refractivity contribution in [1.82, 2.24) is 4.90 Å². The average Bonchev–Trinajstić information content (AvgIpc) is 2.83. The standard InChI is InChI=1S/C12H17NO2/c1-3-10(14)13-6-8-4-7-5-9(8)11(13)12(7)15-2/h3,7-9,11-12H,1,4-6H2,2H3/t7-,8-,9+,11+,12+/m0/s1. The van der Waals surface area contributed by atoms with Crippen LogP contribution in [0.5, 0.6) is 0 Å². The largest absolute Gasteiger partial charge is 0.379 e. The van der Waals surface area contributed by atoms with Crippen molar-refractivity contribution >= 4 is 5.91 Å². The van der Waals surface area contributed by atoms with Gasteiger partial charge < -0.3 is 9.64 Å². The maximum atomic E-state index is 11.7. The first-order valence-corrected chi connectivity index (χ1v) is 5.72. The van der Waals surface area contributed by atoms with Gasteiger partial charge in [0.2, 0.25) is 5.91 Å². The number of carbonyl (C=O) groups excluding carboxylic acids is 1. The molecule has 1 saturated heterocycles. The highest BCUT2D eigenvalue weighted by molar-refractivity contribution is 5.87. The fourth-order valence-corrected chi connectivity index (χ4v) is 4.09. The van der Waals surface area contributed by atoms with Gasteiger partial charge in [0.15, 0.2) is 0 Å². The van der Waals surface area contributed by atoms with E-state index in [1.54, 1.807) is 7.11 Å². The van der Waals surface area contributed by atoms with Crippen LogP contribution >= 0.6 is 0 Å². The van der Waals surface area contributed by atoms with Crippen LogP contribution in [0.15, 0.2) is 12.7 Å². The first-order valence-electron chi connectivity index (χ1n) is 5.72. The number of nitrogens with zero attached hydrogens (tertiary/aromatic N) is 1. The zero-order chi connectivity index (χ0) is 10.6. The van der Waals surface area contributed by atoms with Gasteiger partial charge in [0, 0.05) is 13.7 Å². The number of rotatable bonds is 2. The van der Waals surface area contributed by atoms with E-state index in [2.05, 4.69) is 6.58 Å². The second-order valence-corrected chi connectivity index (χ2v) is 5.04. The summed E-state index contributed by atoms with van der Waals surface area (Å²) >= 11 is 0. The van der Waals surface area contributed by atoms with Crippen molar-refractivity contribution in [3.05, 3.63) is 12.7 Å². The third kappa shape index (κ3) is 1.07. The van der Waals surface area contributed by atoms with Gasteiger partial charge in [0.1, 0.15) is 0 Å². The minimum Gasteiger partial charge on any atom is -0.379 e. The van der Waals surface area contributed by atoms with E-state index < -0.39 is 0 Å². The molecule has 1 heterocycles. The van der Waals surface area contributed by atoms with Gasteiger partial charge in [-0.3, -0.25) is 4.79 Å². The number of methoxy groups -OCH3 is 1. The second-order valence-electron chi connectivity index (χ2n) is 5.04. The lowest BCUT2D eigenvalue weighted by Crippen LogP contribution is -2.44. The van der Waals surface area contributed by atoms with Crippen LogP contribution in [0.2, 0.25) is 0 Å². The maximum Gasteiger partial charge on any atom is 0.246 e. The summed E-state index contributed by atoms with van der Waals surface area (Å²) in [7, 11) is 1.77. The van der Waals surface area contributed by atoms with Crippen molar-refractivity contribution in [2.45, 2.75) is 25.0 Å². The van der Waals surface area contributed by atoms with Crippen molar-refractivity contribution < 1.29 is 9.53 Å². The predicted octanol–water partition coefficient (Wildman–Crippen LogP) is 1.05. The SMILES string of the molecule is C=CC(=O)N1C[C@@H]2C[C@H]3C[C@H]2[C@@H]1[C@@H]3OC. The molecule has 0 aromatic heterocycles. The van der Waals surface area contributed by atoms with E-state index in [0.29, 0.717) is 17.9 Å². The van der Waals surface area contributed by atoms with Gasteiger partial charge >= 0.3 is 0 Å². The first kappa shape index (κ1) is 9.40. The molecule has 2 bridgehead atoms. The Morgan fingerprint density at radius 2 is 2.27 bits per heavy atom. The minimum absolute atomic E-state index is 0.0806. The Bertz CT molecular complexity index is 313. The lowest BCUT2D eigenvalue weighted by Gasteiger charge is -2.30. The summed E-state index contributed by atoms with van der Waals surface area (Å²) in [4.78, 5) is 13.7. The molecule has 0 unspecified atom stereocenters. The fraction of sp³-hybridized carbons (Fsp3) is 0.750. The van der Waals surface area contributed by atoms with Crippen LogP contribution in [-0.2, 0) is 9.53 Å². The monoisotopic (exact) mass is 207 g/mol. The zero-order valence-electron chi connectivity index (χ0n) is 9.06. The van der Waals surface area contributed by atoms with Crippen LogP contribution in [0.4, 0.5) is 0 Å². The second kappa shape index (κ2) is 3.08. The third-order valence-electron chi connectivity index (χ3n) is 4.55. The average molecular weight is 207 g/mol. The van der Waals surface area contributed by atoms with Crippen molar-refractivity contribution in [2.24, 2.45) is 17.8 Å². The Kier molecular flexibility index (Phi) is 1.93. The van der Waals surface area contributed by atoms with Crippen molar-refractivity contribution in [2.75, 3.05) is 13.7 Å². The van der Waals surface area contributed by atoms with Crippen molar-refractivity contribution in [3.8, 4) is 0 Å². The maximum absolute atomic E-state index is 11.7. The van der Waals surface area contributed by atoms with Gasteiger partial charge in [-0.15, -0.1) is 0 Å². The molecule has 0 spiro atoms. The molecule has 0 aromatic rings. The zero-order valence-corrected chi connectivity index (χ0v) is 9.06. The van der Waals surface area contributed by atoms with Gasteiger partial charge in [-0.1, -0.05) is 6.58 Å². The molecular weight excluding hydrogens is 190 g/mol. The third-order valence-corrected chi connectivity index (χ3v) is 4.55. The molecular formula is C12H17NO2. The van der Waals surface area contributed by atoms with E-state index in [1.807, 2.05) is 4.90 Å². The van der Waals surface area contributed by atoms with E-state index in [4.69, 9.17) is 4.74 Å². The normalized spacial score (nSPS) is 46.2. The highest BCUT2D eigenvalue weighted by Gasteiger charge is 2.60. The number of fused-ring (bicyclic) bond motifs is 1. The molecule has 3 fully saturated rings. The Balaban J connectivity index is 1.90. The van der Waals surface area contributed by atoms with E-state index in [0.717, 1.165) is 12.5 Å². The van der Waals surface area contributed by atoms with Crippen molar-refractivity contribution in [3.63, 3.8) is 0 Å². The molecule has 3 aliphatic rings. The van der Waals surface area contributed by atoms with Crippen molar-refractivity contribution in [1.29, 1.82) is 0 Å². The highest BCUT2D eigenvalue weighted by Crippen LogP contribution is 2.55. The summed E-state index contributed by atoms with van der Waals surface area (Å²) < 4.78 is 5.57. The number of carbonyl (C=O) groups is 1. The van der Waals surface area contributed by atoms with Crippen LogP contribution in [0.1, 0.15) is 12.8 Å². The van der Waals surface area contributed by atoms with Gasteiger partial charge in [-0.2, -0.15) is 0 Å². The molecule has 1 amide bonds.